The van der Waals surface area contributed by atoms with Gasteiger partial charge in [0.15, 0.2) is 0 Å². The van der Waals surface area contributed by atoms with Crippen LogP contribution in [0.2, 0.25) is 0 Å². The number of carbonyl (C=O) groups is 1. The fraction of sp³-hybridized carbons (Fsp3) is 0.571. The zero-order valence-corrected chi connectivity index (χ0v) is 11.6. The largest absolute Gasteiger partial charge is 0.371 e. The molecule has 1 atom stereocenters. The first kappa shape index (κ1) is 13.8. The molecule has 104 valence electrons. The highest BCUT2D eigenvalue weighted by molar-refractivity contribution is 5.93. The van der Waals surface area contributed by atoms with Gasteiger partial charge in [0, 0.05) is 31.5 Å². The predicted molar refractivity (Wildman–Crippen MR) is 76.5 cm³/mol. The van der Waals surface area contributed by atoms with E-state index in [1.807, 2.05) is 26.1 Å². The quantitative estimate of drug-likeness (QED) is 0.827. The summed E-state index contributed by atoms with van der Waals surface area (Å²) in [6, 6.07) is 3.86. The van der Waals surface area contributed by atoms with Crippen LogP contribution in [0.25, 0.3) is 0 Å². The third-order valence-electron chi connectivity index (χ3n) is 3.46. The smallest absolute Gasteiger partial charge is 0.269 e. The molecule has 0 aliphatic carbocycles. The van der Waals surface area contributed by atoms with Crippen LogP contribution in [-0.4, -0.2) is 44.1 Å². The van der Waals surface area contributed by atoms with Crippen LogP contribution in [0.3, 0.4) is 0 Å². The van der Waals surface area contributed by atoms with Crippen molar-refractivity contribution in [3.8, 4) is 0 Å². The number of nitrogens with zero attached hydrogens (tertiary/aromatic N) is 2. The van der Waals surface area contributed by atoms with Crippen molar-refractivity contribution in [2.24, 2.45) is 5.92 Å². The highest BCUT2D eigenvalue weighted by atomic mass is 16.1. The number of nitrogens with one attached hydrogen (secondary N) is 2. The van der Waals surface area contributed by atoms with Gasteiger partial charge >= 0.3 is 0 Å². The lowest BCUT2D eigenvalue weighted by Crippen LogP contribution is -2.26. The molecule has 1 aromatic rings. The molecule has 5 heteroatoms. The van der Waals surface area contributed by atoms with Crippen molar-refractivity contribution < 1.29 is 4.79 Å². The first-order valence-corrected chi connectivity index (χ1v) is 6.88. The van der Waals surface area contributed by atoms with E-state index in [2.05, 4.69) is 20.5 Å². The molecular weight excluding hydrogens is 240 g/mol. The van der Waals surface area contributed by atoms with Crippen molar-refractivity contribution >= 4 is 11.6 Å². The van der Waals surface area contributed by atoms with E-state index in [-0.39, 0.29) is 5.91 Å². The molecule has 2 rings (SSSR count). The van der Waals surface area contributed by atoms with Gasteiger partial charge in [-0.1, -0.05) is 0 Å². The van der Waals surface area contributed by atoms with E-state index in [0.29, 0.717) is 18.2 Å². The van der Waals surface area contributed by atoms with Crippen LogP contribution >= 0.6 is 0 Å². The van der Waals surface area contributed by atoms with E-state index in [9.17, 15) is 4.79 Å². The summed E-state index contributed by atoms with van der Waals surface area (Å²) in [6.07, 6.45) is 2.91. The minimum absolute atomic E-state index is 0.102. The number of carbonyl (C=O) groups excluding carboxylic acids is 1. The zero-order valence-electron chi connectivity index (χ0n) is 11.6. The van der Waals surface area contributed by atoms with Crippen molar-refractivity contribution in [3.05, 3.63) is 24.0 Å². The highest BCUT2D eigenvalue weighted by Gasteiger charge is 2.22. The Labute approximate surface area is 114 Å². The summed E-state index contributed by atoms with van der Waals surface area (Å²) in [4.78, 5) is 18.2. The molecule has 1 aliphatic rings. The molecule has 19 heavy (non-hydrogen) atoms. The molecule has 0 aromatic carbocycles. The van der Waals surface area contributed by atoms with Crippen molar-refractivity contribution in [1.82, 2.24) is 15.6 Å². The van der Waals surface area contributed by atoms with E-state index >= 15 is 0 Å². The summed E-state index contributed by atoms with van der Waals surface area (Å²) < 4.78 is 0. The Kier molecular flexibility index (Phi) is 4.74. The Morgan fingerprint density at radius 2 is 2.42 bits per heavy atom. The third kappa shape index (κ3) is 3.44. The standard InChI is InChI=1S/C14H22N4O/c1-3-16-14(19)13-8-12(4-6-17-13)18-7-5-11(10-18)9-15-2/h4,6,8,11,15H,3,5,7,9-10H2,1-2H3,(H,16,19). The molecule has 1 aliphatic heterocycles. The van der Waals surface area contributed by atoms with Gasteiger partial charge in [0.2, 0.25) is 0 Å². The van der Waals surface area contributed by atoms with Gasteiger partial charge in [-0.2, -0.15) is 0 Å². The summed E-state index contributed by atoms with van der Waals surface area (Å²) in [6.45, 7) is 5.67. The Balaban J connectivity index is 2.05. The minimum atomic E-state index is -0.102. The van der Waals surface area contributed by atoms with Crippen LogP contribution in [0, 0.1) is 5.92 Å². The summed E-state index contributed by atoms with van der Waals surface area (Å²) in [7, 11) is 1.99. The highest BCUT2D eigenvalue weighted by Crippen LogP contribution is 2.23. The molecule has 0 bridgehead atoms. The first-order chi connectivity index (χ1) is 9.24. The predicted octanol–water partition coefficient (Wildman–Crippen LogP) is 0.877. The Bertz CT molecular complexity index is 435. The van der Waals surface area contributed by atoms with Crippen molar-refractivity contribution in [3.63, 3.8) is 0 Å². The molecule has 1 saturated heterocycles. The number of pyridine rings is 1. The molecule has 1 fully saturated rings. The number of hydrogen-bond acceptors (Lipinski definition) is 4. The maximum atomic E-state index is 11.8. The Hall–Kier alpha value is -1.62. The van der Waals surface area contributed by atoms with Crippen molar-refractivity contribution in [1.29, 1.82) is 0 Å². The van der Waals surface area contributed by atoms with Crippen LogP contribution in [-0.2, 0) is 0 Å². The normalized spacial score (nSPS) is 18.6. The van der Waals surface area contributed by atoms with Crippen LogP contribution in [0.1, 0.15) is 23.8 Å². The lowest BCUT2D eigenvalue weighted by molar-refractivity contribution is 0.0951. The van der Waals surface area contributed by atoms with Gasteiger partial charge in [0.1, 0.15) is 5.69 Å². The molecule has 2 heterocycles. The number of hydrogen-bond donors (Lipinski definition) is 2. The monoisotopic (exact) mass is 262 g/mol. The van der Waals surface area contributed by atoms with Crippen molar-refractivity contribution in [2.45, 2.75) is 13.3 Å². The van der Waals surface area contributed by atoms with E-state index in [1.165, 1.54) is 6.42 Å². The maximum absolute atomic E-state index is 11.8. The zero-order chi connectivity index (χ0) is 13.7. The topological polar surface area (TPSA) is 57.3 Å². The van der Waals surface area contributed by atoms with E-state index in [0.717, 1.165) is 25.3 Å². The molecule has 0 saturated carbocycles. The lowest BCUT2D eigenvalue weighted by atomic mass is 10.1. The molecular formula is C14H22N4O. The second kappa shape index (κ2) is 6.52. The molecule has 5 nitrogen and oxygen atoms in total. The summed E-state index contributed by atoms with van der Waals surface area (Å²) >= 11 is 0. The molecule has 0 spiro atoms. The van der Waals surface area contributed by atoms with Gasteiger partial charge in [-0.3, -0.25) is 9.78 Å². The van der Waals surface area contributed by atoms with Crippen LogP contribution < -0.4 is 15.5 Å². The summed E-state index contributed by atoms with van der Waals surface area (Å²) in [5.74, 6) is 0.585. The second-order valence-corrected chi connectivity index (χ2v) is 4.92. The van der Waals surface area contributed by atoms with E-state index in [1.54, 1.807) is 6.20 Å². The Morgan fingerprint density at radius 3 is 3.16 bits per heavy atom. The van der Waals surface area contributed by atoms with Crippen LogP contribution in [0.15, 0.2) is 18.3 Å². The number of rotatable bonds is 5. The number of amides is 1. The van der Waals surface area contributed by atoms with Crippen molar-refractivity contribution in [2.75, 3.05) is 38.1 Å². The number of anilines is 1. The van der Waals surface area contributed by atoms with Crippen LogP contribution in [0.4, 0.5) is 5.69 Å². The first-order valence-electron chi connectivity index (χ1n) is 6.88. The number of aromatic nitrogens is 1. The van der Waals surface area contributed by atoms with Gasteiger partial charge in [-0.05, 0) is 45.0 Å². The maximum Gasteiger partial charge on any atom is 0.269 e. The third-order valence-corrected chi connectivity index (χ3v) is 3.46. The van der Waals surface area contributed by atoms with Gasteiger partial charge < -0.3 is 15.5 Å². The summed E-state index contributed by atoms with van der Waals surface area (Å²) in [5, 5.41) is 6.00. The molecule has 2 N–H and O–H groups in total. The molecule has 1 unspecified atom stereocenters. The Morgan fingerprint density at radius 1 is 1.58 bits per heavy atom. The molecule has 1 amide bonds. The van der Waals surface area contributed by atoms with Gasteiger partial charge in [0.05, 0.1) is 0 Å². The summed E-state index contributed by atoms with van der Waals surface area (Å²) in [5.41, 5.74) is 1.59. The van der Waals surface area contributed by atoms with Gasteiger partial charge in [0.25, 0.3) is 5.91 Å². The fourth-order valence-electron chi connectivity index (χ4n) is 2.51. The van der Waals surface area contributed by atoms with E-state index in [4.69, 9.17) is 0 Å². The van der Waals surface area contributed by atoms with Crippen LogP contribution in [0.5, 0.6) is 0 Å². The molecule has 1 aromatic heterocycles. The minimum Gasteiger partial charge on any atom is -0.371 e. The molecule has 0 radical (unpaired) electrons. The van der Waals surface area contributed by atoms with E-state index < -0.39 is 0 Å². The fourth-order valence-corrected chi connectivity index (χ4v) is 2.51. The average molecular weight is 262 g/mol. The lowest BCUT2D eigenvalue weighted by Gasteiger charge is -2.19. The van der Waals surface area contributed by atoms with Gasteiger partial charge in [-0.15, -0.1) is 0 Å². The SMILES string of the molecule is CCNC(=O)c1cc(N2CCC(CNC)C2)ccn1. The van der Waals surface area contributed by atoms with Gasteiger partial charge in [-0.25, -0.2) is 0 Å². The second-order valence-electron chi connectivity index (χ2n) is 4.92. The average Bonchev–Trinajstić information content (AvgIpc) is 2.88.